The number of aryl methyl sites for hydroxylation is 4. The molecule has 0 amide bonds. The minimum Gasteiger partial charge on any atom is -0.361 e. The molecule has 0 aliphatic rings. The minimum atomic E-state index is 0.640. The van der Waals surface area contributed by atoms with Gasteiger partial charge < -0.3 is 15.2 Å². The van der Waals surface area contributed by atoms with E-state index in [2.05, 4.69) is 25.8 Å². The standard InChI is InChI=1S/C14H21N5OS/c1-8-12(10(3)20-19-8)6-16-14(15-5)17-7-13-9(2)18-11(4)21-13/h6-7H2,1-5H3,(H2,15,16,17). The summed E-state index contributed by atoms with van der Waals surface area (Å²) >= 11 is 1.71. The molecule has 2 heterocycles. The summed E-state index contributed by atoms with van der Waals surface area (Å²) in [4.78, 5) is 9.88. The molecule has 2 aromatic rings. The number of hydrogen-bond acceptors (Lipinski definition) is 5. The third-order valence-corrected chi connectivity index (χ3v) is 4.33. The maximum atomic E-state index is 5.15. The molecule has 0 aliphatic heterocycles. The second-order valence-electron chi connectivity index (χ2n) is 4.82. The highest BCUT2D eigenvalue weighted by Crippen LogP contribution is 2.16. The Kier molecular flexibility index (Phi) is 4.95. The van der Waals surface area contributed by atoms with Crippen molar-refractivity contribution in [2.75, 3.05) is 7.05 Å². The first-order valence-corrected chi connectivity index (χ1v) is 7.62. The quantitative estimate of drug-likeness (QED) is 0.669. The predicted molar refractivity (Wildman–Crippen MR) is 84.6 cm³/mol. The van der Waals surface area contributed by atoms with Crippen molar-refractivity contribution in [3.8, 4) is 0 Å². The van der Waals surface area contributed by atoms with Gasteiger partial charge in [0.1, 0.15) is 5.76 Å². The van der Waals surface area contributed by atoms with Crippen LogP contribution in [0.25, 0.3) is 0 Å². The van der Waals surface area contributed by atoms with E-state index in [1.165, 1.54) is 4.88 Å². The molecular weight excluding hydrogens is 286 g/mol. The number of guanidine groups is 1. The lowest BCUT2D eigenvalue weighted by Crippen LogP contribution is -2.36. The molecule has 2 aromatic heterocycles. The van der Waals surface area contributed by atoms with Gasteiger partial charge in [-0.15, -0.1) is 11.3 Å². The summed E-state index contributed by atoms with van der Waals surface area (Å²) in [5.41, 5.74) is 3.05. The van der Waals surface area contributed by atoms with Gasteiger partial charge in [-0.1, -0.05) is 5.16 Å². The van der Waals surface area contributed by atoms with Gasteiger partial charge in [0.05, 0.1) is 22.9 Å². The fourth-order valence-electron chi connectivity index (χ4n) is 2.05. The first kappa shape index (κ1) is 15.5. The Morgan fingerprint density at radius 1 is 1.14 bits per heavy atom. The van der Waals surface area contributed by atoms with Crippen molar-refractivity contribution in [2.45, 2.75) is 40.8 Å². The molecule has 6 nitrogen and oxygen atoms in total. The SMILES string of the molecule is CN=C(NCc1sc(C)nc1C)NCc1c(C)noc1C. The normalized spacial score (nSPS) is 11.8. The van der Waals surface area contributed by atoms with Crippen molar-refractivity contribution in [2.24, 2.45) is 4.99 Å². The summed E-state index contributed by atoms with van der Waals surface area (Å²) in [5, 5.41) is 11.6. The average Bonchev–Trinajstić information content (AvgIpc) is 2.93. The number of rotatable bonds is 4. The van der Waals surface area contributed by atoms with Crippen LogP contribution in [0, 0.1) is 27.7 Å². The van der Waals surface area contributed by atoms with E-state index in [0.717, 1.165) is 40.2 Å². The van der Waals surface area contributed by atoms with Crippen LogP contribution in [0.2, 0.25) is 0 Å². The lowest BCUT2D eigenvalue weighted by molar-refractivity contribution is 0.392. The molecule has 0 saturated heterocycles. The van der Waals surface area contributed by atoms with Gasteiger partial charge in [0.15, 0.2) is 5.96 Å². The summed E-state index contributed by atoms with van der Waals surface area (Å²) < 4.78 is 5.15. The highest BCUT2D eigenvalue weighted by Gasteiger charge is 2.10. The van der Waals surface area contributed by atoms with Crippen molar-refractivity contribution >= 4 is 17.3 Å². The van der Waals surface area contributed by atoms with Crippen LogP contribution in [-0.2, 0) is 13.1 Å². The van der Waals surface area contributed by atoms with Gasteiger partial charge in [0, 0.05) is 24.0 Å². The summed E-state index contributed by atoms with van der Waals surface area (Å²) in [6.45, 7) is 9.26. The fourth-order valence-corrected chi connectivity index (χ4v) is 2.93. The Hall–Kier alpha value is -1.89. The highest BCUT2D eigenvalue weighted by atomic mass is 32.1. The van der Waals surface area contributed by atoms with Crippen LogP contribution in [0.5, 0.6) is 0 Å². The maximum absolute atomic E-state index is 5.15. The van der Waals surface area contributed by atoms with E-state index in [1.807, 2.05) is 27.7 Å². The Labute approximate surface area is 128 Å². The molecule has 2 rings (SSSR count). The number of aromatic nitrogens is 2. The van der Waals surface area contributed by atoms with Gasteiger partial charge in [0.25, 0.3) is 0 Å². The van der Waals surface area contributed by atoms with Crippen LogP contribution in [0.4, 0.5) is 0 Å². The van der Waals surface area contributed by atoms with Crippen LogP contribution in [0.15, 0.2) is 9.52 Å². The van der Waals surface area contributed by atoms with E-state index in [-0.39, 0.29) is 0 Å². The lowest BCUT2D eigenvalue weighted by atomic mass is 10.2. The van der Waals surface area contributed by atoms with Crippen molar-refractivity contribution < 1.29 is 4.52 Å². The second-order valence-corrected chi connectivity index (χ2v) is 6.11. The average molecular weight is 307 g/mol. The number of aliphatic imine (C=N–C) groups is 1. The lowest BCUT2D eigenvalue weighted by Gasteiger charge is -2.11. The Balaban J connectivity index is 1.91. The molecule has 0 radical (unpaired) electrons. The minimum absolute atomic E-state index is 0.640. The third kappa shape index (κ3) is 3.81. The molecule has 0 aliphatic carbocycles. The zero-order chi connectivity index (χ0) is 15.4. The smallest absolute Gasteiger partial charge is 0.191 e. The van der Waals surface area contributed by atoms with Gasteiger partial charge in [-0.25, -0.2) is 4.98 Å². The number of nitrogens with zero attached hydrogens (tertiary/aromatic N) is 3. The second kappa shape index (κ2) is 6.71. The first-order chi connectivity index (χ1) is 10.0. The van der Waals surface area contributed by atoms with Crippen LogP contribution in [0.1, 0.15) is 32.6 Å². The van der Waals surface area contributed by atoms with E-state index in [1.54, 1.807) is 18.4 Å². The van der Waals surface area contributed by atoms with Gasteiger partial charge in [0.2, 0.25) is 0 Å². The number of hydrogen-bond donors (Lipinski definition) is 2. The summed E-state index contributed by atoms with van der Waals surface area (Å²) in [7, 11) is 1.76. The molecular formula is C14H21N5OS. The topological polar surface area (TPSA) is 75.3 Å². The summed E-state index contributed by atoms with van der Waals surface area (Å²) in [6.07, 6.45) is 0. The number of thiazole rings is 1. The molecule has 0 fully saturated rings. The Morgan fingerprint density at radius 3 is 2.38 bits per heavy atom. The largest absolute Gasteiger partial charge is 0.361 e. The highest BCUT2D eigenvalue weighted by molar-refractivity contribution is 7.11. The Bertz CT molecular complexity index is 624. The Morgan fingerprint density at radius 2 is 1.86 bits per heavy atom. The maximum Gasteiger partial charge on any atom is 0.191 e. The molecule has 7 heteroatoms. The van der Waals surface area contributed by atoms with E-state index >= 15 is 0 Å². The molecule has 0 spiro atoms. The summed E-state index contributed by atoms with van der Waals surface area (Å²) in [5.74, 6) is 1.59. The molecule has 0 saturated carbocycles. The molecule has 0 aromatic carbocycles. The van der Waals surface area contributed by atoms with Gasteiger partial charge in [-0.3, -0.25) is 4.99 Å². The molecule has 114 valence electrons. The van der Waals surface area contributed by atoms with Crippen molar-refractivity contribution in [3.05, 3.63) is 32.6 Å². The third-order valence-electron chi connectivity index (χ3n) is 3.25. The monoisotopic (exact) mass is 307 g/mol. The van der Waals surface area contributed by atoms with Crippen molar-refractivity contribution in [1.82, 2.24) is 20.8 Å². The zero-order valence-electron chi connectivity index (χ0n) is 13.1. The van der Waals surface area contributed by atoms with Crippen molar-refractivity contribution in [3.63, 3.8) is 0 Å². The van der Waals surface area contributed by atoms with Crippen LogP contribution < -0.4 is 10.6 Å². The van der Waals surface area contributed by atoms with Gasteiger partial charge >= 0.3 is 0 Å². The van der Waals surface area contributed by atoms with Gasteiger partial charge in [-0.05, 0) is 27.7 Å². The van der Waals surface area contributed by atoms with E-state index in [4.69, 9.17) is 4.52 Å². The van der Waals surface area contributed by atoms with E-state index < -0.39 is 0 Å². The number of nitrogens with one attached hydrogen (secondary N) is 2. The van der Waals surface area contributed by atoms with E-state index in [0.29, 0.717) is 6.54 Å². The first-order valence-electron chi connectivity index (χ1n) is 6.80. The fraction of sp³-hybridized carbons (Fsp3) is 0.500. The zero-order valence-corrected chi connectivity index (χ0v) is 13.9. The van der Waals surface area contributed by atoms with Crippen LogP contribution in [0.3, 0.4) is 0 Å². The molecule has 0 atom stereocenters. The molecule has 21 heavy (non-hydrogen) atoms. The summed E-state index contributed by atoms with van der Waals surface area (Å²) in [6, 6.07) is 0. The van der Waals surface area contributed by atoms with Crippen LogP contribution in [-0.4, -0.2) is 23.1 Å². The van der Waals surface area contributed by atoms with Gasteiger partial charge in [-0.2, -0.15) is 0 Å². The molecule has 0 unspecified atom stereocenters. The van der Waals surface area contributed by atoms with E-state index in [9.17, 15) is 0 Å². The van der Waals surface area contributed by atoms with Crippen molar-refractivity contribution in [1.29, 1.82) is 0 Å². The predicted octanol–water partition coefficient (Wildman–Crippen LogP) is 2.23. The molecule has 2 N–H and O–H groups in total. The molecule has 0 bridgehead atoms. The van der Waals surface area contributed by atoms with Crippen LogP contribution >= 0.6 is 11.3 Å².